The van der Waals surface area contributed by atoms with E-state index in [0.29, 0.717) is 19.8 Å². The van der Waals surface area contributed by atoms with Crippen LogP contribution in [0.15, 0.2) is 29.2 Å². The molecule has 1 aromatic rings. The van der Waals surface area contributed by atoms with Crippen molar-refractivity contribution in [1.82, 2.24) is 9.21 Å². The zero-order valence-electron chi connectivity index (χ0n) is 12.0. The maximum absolute atomic E-state index is 12.3. The van der Waals surface area contributed by atoms with E-state index < -0.39 is 15.9 Å². The second kappa shape index (κ2) is 6.08. The van der Waals surface area contributed by atoms with E-state index in [2.05, 4.69) is 16.7 Å². The Bertz CT molecular complexity index is 742. The smallest absolute Gasteiger partial charge is 0.269 e. The Labute approximate surface area is 129 Å². The van der Waals surface area contributed by atoms with Crippen LogP contribution < -0.4 is 0 Å². The number of amides is 1. The van der Waals surface area contributed by atoms with Crippen molar-refractivity contribution in [2.75, 3.05) is 39.4 Å². The lowest BCUT2D eigenvalue weighted by Gasteiger charge is -2.24. The van der Waals surface area contributed by atoms with Crippen LogP contribution in [0.3, 0.4) is 0 Å². The highest BCUT2D eigenvalue weighted by Crippen LogP contribution is 2.29. The molecule has 1 amide bonds. The molecule has 0 aliphatic carbocycles. The quantitative estimate of drug-likeness (QED) is 0.727. The molecule has 0 aromatic heterocycles. The van der Waals surface area contributed by atoms with Crippen LogP contribution in [0.2, 0.25) is 0 Å². The molecule has 3 rings (SSSR count). The summed E-state index contributed by atoms with van der Waals surface area (Å²) in [5, 5.41) is 0. The average Bonchev–Trinajstić information content (AvgIpc) is 2.73. The van der Waals surface area contributed by atoms with Crippen molar-refractivity contribution in [3.05, 3.63) is 29.8 Å². The van der Waals surface area contributed by atoms with Crippen LogP contribution in [0.4, 0.5) is 0 Å². The summed E-state index contributed by atoms with van der Waals surface area (Å²) in [7, 11) is -3.75. The molecule has 0 bridgehead atoms. The molecule has 2 aliphatic heterocycles. The summed E-state index contributed by atoms with van der Waals surface area (Å²) >= 11 is 0. The van der Waals surface area contributed by atoms with Crippen molar-refractivity contribution in [1.29, 1.82) is 0 Å². The van der Waals surface area contributed by atoms with Gasteiger partial charge in [-0.25, -0.2) is 12.7 Å². The molecule has 1 aromatic carbocycles. The average molecular weight is 320 g/mol. The fourth-order valence-corrected chi connectivity index (χ4v) is 3.91. The van der Waals surface area contributed by atoms with Gasteiger partial charge >= 0.3 is 0 Å². The number of ether oxygens (including phenoxy) is 1. The normalized spacial score (nSPS) is 20.4. The molecule has 22 heavy (non-hydrogen) atoms. The predicted molar refractivity (Wildman–Crippen MR) is 79.7 cm³/mol. The van der Waals surface area contributed by atoms with Crippen LogP contribution in [0.5, 0.6) is 0 Å². The first-order chi connectivity index (χ1) is 10.6. The Hall–Kier alpha value is -1.88. The number of nitrogens with zero attached hydrogens (tertiary/aromatic N) is 2. The zero-order valence-corrected chi connectivity index (χ0v) is 12.8. The molecule has 0 N–H and O–H groups in total. The van der Waals surface area contributed by atoms with Crippen molar-refractivity contribution in [3.63, 3.8) is 0 Å². The third kappa shape index (κ3) is 2.73. The number of hydrogen-bond donors (Lipinski definition) is 0. The summed E-state index contributed by atoms with van der Waals surface area (Å²) in [5.74, 6) is 5.21. The Morgan fingerprint density at radius 1 is 1.09 bits per heavy atom. The molecule has 2 aliphatic rings. The van der Waals surface area contributed by atoms with E-state index in [-0.39, 0.29) is 17.0 Å². The van der Waals surface area contributed by atoms with E-state index in [4.69, 9.17) is 4.74 Å². The molecule has 0 saturated carbocycles. The summed E-state index contributed by atoms with van der Waals surface area (Å²) in [6.07, 6.45) is 0. The van der Waals surface area contributed by atoms with Crippen LogP contribution >= 0.6 is 0 Å². The third-order valence-electron chi connectivity index (χ3n) is 3.67. The molecule has 0 spiro atoms. The van der Waals surface area contributed by atoms with Crippen molar-refractivity contribution in [3.8, 4) is 11.8 Å². The Morgan fingerprint density at radius 3 is 2.50 bits per heavy atom. The minimum absolute atomic E-state index is 0.0648. The minimum atomic E-state index is -3.75. The number of carbonyl (C=O) groups excluding carboxylic acids is 1. The van der Waals surface area contributed by atoms with Crippen LogP contribution in [-0.4, -0.2) is 62.9 Å². The number of sulfonamides is 1. The van der Waals surface area contributed by atoms with Crippen molar-refractivity contribution >= 4 is 15.9 Å². The molecule has 7 heteroatoms. The SMILES string of the molecule is O=C1c2ccccc2S(=O)(=O)N1CC#CCN1CCOCC1. The van der Waals surface area contributed by atoms with Gasteiger partial charge in [-0.1, -0.05) is 24.0 Å². The van der Waals surface area contributed by atoms with Crippen molar-refractivity contribution < 1.29 is 17.9 Å². The Balaban J connectivity index is 1.68. The second-order valence-electron chi connectivity index (χ2n) is 5.06. The molecule has 1 fully saturated rings. The number of hydrogen-bond acceptors (Lipinski definition) is 5. The standard InChI is InChI=1S/C15H16N2O4S/c18-15-13-5-1-2-6-14(13)22(19,20)17(15)8-4-3-7-16-9-11-21-12-10-16/h1-2,5-6H,7-12H2. The van der Waals surface area contributed by atoms with E-state index in [1.165, 1.54) is 12.1 Å². The maximum atomic E-state index is 12.3. The van der Waals surface area contributed by atoms with Crippen LogP contribution in [0.1, 0.15) is 10.4 Å². The van der Waals surface area contributed by atoms with Crippen LogP contribution in [-0.2, 0) is 14.8 Å². The van der Waals surface area contributed by atoms with E-state index >= 15 is 0 Å². The highest BCUT2D eigenvalue weighted by Gasteiger charge is 2.40. The van der Waals surface area contributed by atoms with Gasteiger partial charge in [-0.2, -0.15) is 0 Å². The summed E-state index contributed by atoms with van der Waals surface area (Å²) < 4.78 is 30.7. The summed E-state index contributed by atoms with van der Waals surface area (Å²) in [6.45, 7) is 3.46. The molecule has 1 saturated heterocycles. The first-order valence-electron chi connectivity index (χ1n) is 7.02. The number of carbonyl (C=O) groups is 1. The summed E-state index contributed by atoms with van der Waals surface area (Å²) in [6, 6.07) is 6.23. The number of rotatable bonds is 2. The molecule has 2 heterocycles. The van der Waals surface area contributed by atoms with Crippen molar-refractivity contribution in [2.24, 2.45) is 0 Å². The number of fused-ring (bicyclic) bond motifs is 1. The Kier molecular flexibility index (Phi) is 4.16. The first-order valence-corrected chi connectivity index (χ1v) is 8.46. The molecular weight excluding hydrogens is 304 g/mol. The van der Waals surface area contributed by atoms with Gasteiger partial charge in [0.2, 0.25) is 0 Å². The molecule has 116 valence electrons. The van der Waals surface area contributed by atoms with E-state index in [9.17, 15) is 13.2 Å². The molecular formula is C15H16N2O4S. The second-order valence-corrected chi connectivity index (χ2v) is 6.89. The first kappa shape index (κ1) is 15.0. The topological polar surface area (TPSA) is 66.9 Å². The fourth-order valence-electron chi connectivity index (χ4n) is 2.44. The van der Waals surface area contributed by atoms with Gasteiger partial charge in [0.1, 0.15) is 4.90 Å². The Morgan fingerprint density at radius 2 is 1.77 bits per heavy atom. The zero-order chi connectivity index (χ0) is 15.6. The largest absolute Gasteiger partial charge is 0.379 e. The van der Waals surface area contributed by atoms with E-state index in [0.717, 1.165) is 17.4 Å². The van der Waals surface area contributed by atoms with Gasteiger partial charge in [-0.05, 0) is 12.1 Å². The molecule has 6 nitrogen and oxygen atoms in total. The lowest BCUT2D eigenvalue weighted by atomic mass is 10.2. The maximum Gasteiger partial charge on any atom is 0.269 e. The highest BCUT2D eigenvalue weighted by molar-refractivity contribution is 7.90. The van der Waals surface area contributed by atoms with Crippen molar-refractivity contribution in [2.45, 2.75) is 4.90 Å². The molecule has 0 atom stereocenters. The fraction of sp³-hybridized carbons (Fsp3) is 0.400. The van der Waals surface area contributed by atoms with E-state index in [1.807, 2.05) is 0 Å². The van der Waals surface area contributed by atoms with Crippen LogP contribution in [0.25, 0.3) is 0 Å². The molecule has 0 radical (unpaired) electrons. The van der Waals surface area contributed by atoms with Crippen LogP contribution in [0, 0.1) is 11.8 Å². The van der Waals surface area contributed by atoms with Gasteiger partial charge in [0.15, 0.2) is 0 Å². The number of morpholine rings is 1. The van der Waals surface area contributed by atoms with Gasteiger partial charge < -0.3 is 4.74 Å². The monoisotopic (exact) mass is 320 g/mol. The lowest BCUT2D eigenvalue weighted by Crippen LogP contribution is -2.36. The van der Waals surface area contributed by atoms with Gasteiger partial charge in [0.05, 0.1) is 31.9 Å². The van der Waals surface area contributed by atoms with Gasteiger partial charge in [0, 0.05) is 13.1 Å². The van der Waals surface area contributed by atoms with Gasteiger partial charge in [-0.3, -0.25) is 9.69 Å². The van der Waals surface area contributed by atoms with Gasteiger partial charge in [-0.15, -0.1) is 0 Å². The highest BCUT2D eigenvalue weighted by atomic mass is 32.2. The summed E-state index contributed by atoms with van der Waals surface area (Å²) in [5.41, 5.74) is 0.220. The predicted octanol–water partition coefficient (Wildman–Crippen LogP) is 0.167. The third-order valence-corrected chi connectivity index (χ3v) is 5.45. The number of benzene rings is 1. The van der Waals surface area contributed by atoms with Gasteiger partial charge in [0.25, 0.3) is 15.9 Å². The van der Waals surface area contributed by atoms with E-state index in [1.54, 1.807) is 12.1 Å². The molecule has 0 unspecified atom stereocenters. The lowest BCUT2D eigenvalue weighted by molar-refractivity contribution is 0.0443. The summed E-state index contributed by atoms with van der Waals surface area (Å²) in [4.78, 5) is 14.4. The minimum Gasteiger partial charge on any atom is -0.379 e.